The molecular weight excluding hydrogens is 286 g/mol. The van der Waals surface area contributed by atoms with Crippen LogP contribution in [0.5, 0.6) is 0 Å². The number of rotatable bonds is 6. The van der Waals surface area contributed by atoms with E-state index in [1.807, 2.05) is 0 Å². The van der Waals surface area contributed by atoms with Crippen LogP contribution in [0.4, 0.5) is 9.59 Å². The van der Waals surface area contributed by atoms with Crippen molar-refractivity contribution in [1.82, 2.24) is 10.6 Å². The molecule has 0 fully saturated rings. The number of hydrogen-bond acceptors (Lipinski definition) is 5. The molecule has 7 heteroatoms. The second-order valence-corrected chi connectivity index (χ2v) is 7.16. The van der Waals surface area contributed by atoms with Crippen molar-refractivity contribution in [2.75, 3.05) is 13.1 Å². The monoisotopic (exact) mass is 317 g/mol. The van der Waals surface area contributed by atoms with Crippen molar-refractivity contribution in [2.24, 2.45) is 5.73 Å². The van der Waals surface area contributed by atoms with Crippen LogP contribution in [0.3, 0.4) is 0 Å². The number of ether oxygens (including phenoxy) is 2. The van der Waals surface area contributed by atoms with Gasteiger partial charge in [-0.1, -0.05) is 0 Å². The third-order valence-corrected chi connectivity index (χ3v) is 2.37. The molecule has 0 aromatic heterocycles. The Labute approximate surface area is 133 Å². The van der Waals surface area contributed by atoms with E-state index in [0.29, 0.717) is 13.0 Å². The standard InChI is InChI=1S/C15H31N3O4/c1-14(2,3)21-12(19)17-10-11(8-7-9-16)18-13(20)22-15(4,5)6/h11H,7-10,16H2,1-6H3,(H,17,19)(H,18,20)/t11-/m0/s1. The molecule has 0 aliphatic carbocycles. The first kappa shape index (κ1) is 20.5. The highest BCUT2D eigenvalue weighted by molar-refractivity contribution is 5.69. The summed E-state index contributed by atoms with van der Waals surface area (Å²) in [6.45, 7) is 11.5. The molecule has 0 saturated heterocycles. The van der Waals surface area contributed by atoms with Gasteiger partial charge in [-0.2, -0.15) is 0 Å². The summed E-state index contributed by atoms with van der Waals surface area (Å²) < 4.78 is 10.4. The molecule has 0 aliphatic rings. The van der Waals surface area contributed by atoms with Crippen LogP contribution in [0, 0.1) is 0 Å². The normalized spacial score (nSPS) is 13.2. The van der Waals surface area contributed by atoms with E-state index in [1.165, 1.54) is 0 Å². The van der Waals surface area contributed by atoms with Crippen molar-refractivity contribution < 1.29 is 19.1 Å². The lowest BCUT2D eigenvalue weighted by molar-refractivity contribution is 0.0460. The molecule has 7 nitrogen and oxygen atoms in total. The van der Waals surface area contributed by atoms with Gasteiger partial charge in [0, 0.05) is 12.6 Å². The average molecular weight is 317 g/mol. The smallest absolute Gasteiger partial charge is 0.407 e. The van der Waals surface area contributed by atoms with E-state index in [0.717, 1.165) is 6.42 Å². The Balaban J connectivity index is 4.39. The molecule has 0 aliphatic heterocycles. The first-order valence-corrected chi connectivity index (χ1v) is 7.59. The van der Waals surface area contributed by atoms with Gasteiger partial charge >= 0.3 is 12.2 Å². The van der Waals surface area contributed by atoms with Crippen LogP contribution in [-0.2, 0) is 9.47 Å². The maximum atomic E-state index is 11.8. The molecule has 1 atom stereocenters. The first-order valence-electron chi connectivity index (χ1n) is 7.59. The van der Waals surface area contributed by atoms with E-state index in [4.69, 9.17) is 15.2 Å². The molecule has 0 aromatic rings. The summed E-state index contributed by atoms with van der Waals surface area (Å²) in [5.41, 5.74) is 4.36. The zero-order valence-corrected chi connectivity index (χ0v) is 14.6. The predicted molar refractivity (Wildman–Crippen MR) is 85.7 cm³/mol. The van der Waals surface area contributed by atoms with Crippen LogP contribution in [-0.4, -0.2) is 42.5 Å². The fourth-order valence-electron chi connectivity index (χ4n) is 1.58. The number of alkyl carbamates (subject to hydrolysis) is 2. The summed E-state index contributed by atoms with van der Waals surface area (Å²) in [5.74, 6) is 0. The zero-order chi connectivity index (χ0) is 17.4. The van der Waals surface area contributed by atoms with E-state index in [1.54, 1.807) is 41.5 Å². The summed E-state index contributed by atoms with van der Waals surface area (Å²) in [4.78, 5) is 23.4. The SMILES string of the molecule is CC(C)(C)OC(=O)NC[C@H](CCCN)NC(=O)OC(C)(C)C. The lowest BCUT2D eigenvalue weighted by Crippen LogP contribution is -2.46. The van der Waals surface area contributed by atoms with Gasteiger partial charge in [0.25, 0.3) is 0 Å². The van der Waals surface area contributed by atoms with E-state index in [9.17, 15) is 9.59 Å². The fraction of sp³-hybridized carbons (Fsp3) is 0.867. The maximum absolute atomic E-state index is 11.8. The van der Waals surface area contributed by atoms with Gasteiger partial charge in [-0.3, -0.25) is 0 Å². The van der Waals surface area contributed by atoms with Gasteiger partial charge in [0.05, 0.1) is 0 Å². The van der Waals surface area contributed by atoms with E-state index in [2.05, 4.69) is 10.6 Å². The minimum absolute atomic E-state index is 0.258. The molecule has 4 N–H and O–H groups in total. The number of amides is 2. The Morgan fingerprint density at radius 2 is 1.50 bits per heavy atom. The van der Waals surface area contributed by atoms with Crippen molar-refractivity contribution in [3.8, 4) is 0 Å². The van der Waals surface area contributed by atoms with Crippen LogP contribution in [0.15, 0.2) is 0 Å². The lowest BCUT2D eigenvalue weighted by Gasteiger charge is -2.25. The fourth-order valence-corrected chi connectivity index (χ4v) is 1.58. The van der Waals surface area contributed by atoms with Crippen molar-refractivity contribution >= 4 is 12.2 Å². The molecular formula is C15H31N3O4. The van der Waals surface area contributed by atoms with Crippen molar-refractivity contribution in [1.29, 1.82) is 0 Å². The van der Waals surface area contributed by atoms with Crippen LogP contribution >= 0.6 is 0 Å². The summed E-state index contributed by atoms with van der Waals surface area (Å²) >= 11 is 0. The molecule has 22 heavy (non-hydrogen) atoms. The third-order valence-electron chi connectivity index (χ3n) is 2.37. The van der Waals surface area contributed by atoms with Gasteiger partial charge in [-0.25, -0.2) is 9.59 Å². The van der Waals surface area contributed by atoms with Crippen LogP contribution < -0.4 is 16.4 Å². The molecule has 0 rings (SSSR count). The minimum Gasteiger partial charge on any atom is -0.444 e. The van der Waals surface area contributed by atoms with Gasteiger partial charge in [0.15, 0.2) is 0 Å². The summed E-state index contributed by atoms with van der Waals surface area (Å²) in [7, 11) is 0. The summed E-state index contributed by atoms with van der Waals surface area (Å²) in [6.07, 6.45) is 0.346. The molecule has 0 saturated carbocycles. The second-order valence-electron chi connectivity index (χ2n) is 7.16. The Kier molecular flexibility index (Phi) is 8.22. The number of hydrogen-bond donors (Lipinski definition) is 3. The molecule has 0 aromatic carbocycles. The van der Waals surface area contributed by atoms with E-state index < -0.39 is 23.4 Å². The average Bonchev–Trinajstić information content (AvgIpc) is 2.28. The molecule has 0 bridgehead atoms. The van der Waals surface area contributed by atoms with Crippen LogP contribution in [0.2, 0.25) is 0 Å². The Hall–Kier alpha value is -1.50. The Morgan fingerprint density at radius 3 is 1.95 bits per heavy atom. The quantitative estimate of drug-likeness (QED) is 0.696. The molecule has 0 heterocycles. The topological polar surface area (TPSA) is 103 Å². The van der Waals surface area contributed by atoms with Gasteiger partial charge in [0.1, 0.15) is 11.2 Å². The second kappa shape index (κ2) is 8.82. The van der Waals surface area contributed by atoms with Gasteiger partial charge in [0.2, 0.25) is 0 Å². The van der Waals surface area contributed by atoms with Gasteiger partial charge in [-0.15, -0.1) is 0 Å². The lowest BCUT2D eigenvalue weighted by atomic mass is 10.1. The molecule has 2 amide bonds. The van der Waals surface area contributed by atoms with E-state index >= 15 is 0 Å². The van der Waals surface area contributed by atoms with Crippen molar-refractivity contribution in [3.05, 3.63) is 0 Å². The summed E-state index contributed by atoms with van der Waals surface area (Å²) in [5, 5.41) is 5.38. The Bertz CT molecular complexity index is 359. The molecule has 0 unspecified atom stereocenters. The number of carbonyl (C=O) groups excluding carboxylic acids is 2. The highest BCUT2D eigenvalue weighted by atomic mass is 16.6. The maximum Gasteiger partial charge on any atom is 0.407 e. The largest absolute Gasteiger partial charge is 0.444 e. The third kappa shape index (κ3) is 12.3. The highest BCUT2D eigenvalue weighted by Gasteiger charge is 2.21. The van der Waals surface area contributed by atoms with Gasteiger partial charge < -0.3 is 25.8 Å². The number of nitrogens with one attached hydrogen (secondary N) is 2. The minimum atomic E-state index is -0.568. The van der Waals surface area contributed by atoms with Crippen LogP contribution in [0.1, 0.15) is 54.4 Å². The van der Waals surface area contributed by atoms with E-state index in [-0.39, 0.29) is 12.6 Å². The molecule has 0 radical (unpaired) electrons. The first-order chi connectivity index (χ1) is 9.93. The van der Waals surface area contributed by atoms with Crippen molar-refractivity contribution in [2.45, 2.75) is 71.6 Å². The zero-order valence-electron chi connectivity index (χ0n) is 14.6. The highest BCUT2D eigenvalue weighted by Crippen LogP contribution is 2.08. The molecule has 0 spiro atoms. The predicted octanol–water partition coefficient (Wildman–Crippen LogP) is 2.14. The van der Waals surface area contributed by atoms with Crippen molar-refractivity contribution in [3.63, 3.8) is 0 Å². The van der Waals surface area contributed by atoms with Crippen LogP contribution in [0.25, 0.3) is 0 Å². The number of nitrogens with two attached hydrogens (primary N) is 1. The number of carbonyl (C=O) groups is 2. The van der Waals surface area contributed by atoms with Gasteiger partial charge in [-0.05, 0) is 60.9 Å². The summed E-state index contributed by atoms with van der Waals surface area (Å²) in [6, 6.07) is -0.258. The Morgan fingerprint density at radius 1 is 1.00 bits per heavy atom. The molecule has 130 valence electrons.